The predicted molar refractivity (Wildman–Crippen MR) is 270 cm³/mol. The number of carbonyl (C=O) groups excluding carboxylic acids is 2. The lowest BCUT2D eigenvalue weighted by Gasteiger charge is -2.29. The average molecular weight is 951 g/mol. The molecule has 0 spiro atoms. The van der Waals surface area contributed by atoms with E-state index in [9.17, 15) is 19.8 Å². The van der Waals surface area contributed by atoms with E-state index in [1.807, 2.05) is 13.0 Å². The number of nitrogens with two attached hydrogens (primary N) is 1. The summed E-state index contributed by atoms with van der Waals surface area (Å²) in [5, 5.41) is 45.7. The number of allylic oxidation sites excluding steroid dienone is 1. The Hall–Kier alpha value is -5.16. The highest BCUT2D eigenvalue weighted by Crippen LogP contribution is 2.51. The summed E-state index contributed by atoms with van der Waals surface area (Å²) in [6.45, 7) is 5.03. The van der Waals surface area contributed by atoms with Crippen LogP contribution in [0.1, 0.15) is 98.9 Å². The Bertz CT molecular complexity index is 2800. The van der Waals surface area contributed by atoms with Crippen LogP contribution in [0.2, 0.25) is 0 Å². The predicted octanol–water partition coefficient (Wildman–Crippen LogP) is 5.68. The van der Waals surface area contributed by atoms with E-state index in [0.717, 1.165) is 79.7 Å². The van der Waals surface area contributed by atoms with E-state index in [2.05, 4.69) is 22.0 Å². The van der Waals surface area contributed by atoms with Gasteiger partial charge in [-0.2, -0.15) is 0 Å². The van der Waals surface area contributed by atoms with Crippen LogP contribution in [0.5, 0.6) is 5.75 Å². The Balaban J connectivity index is 1.14. The molecule has 3 aliphatic carbocycles. The number of hydrogen-bond donors (Lipinski definition) is 7. The van der Waals surface area contributed by atoms with Crippen LogP contribution in [0, 0.1) is 23.7 Å². The SMILES string of the molecule is COCCOCCNC(=O)C1CCC(CCc2c3c4c5c(c(OC)c(=O)c6c(NCC7CCC(C(=O)NCCOCCCO)CC7)cc(CO)c(c7c(CO)cc(N)c(c2=O)c74)c65)CC(C)=C3)CC1. The highest BCUT2D eigenvalue weighted by molar-refractivity contribution is 6.38. The molecular formula is C54H70N4O11. The summed E-state index contributed by atoms with van der Waals surface area (Å²) < 4.78 is 22.1. The quantitative estimate of drug-likeness (QED) is 0.0181. The number of carbonyl (C=O) groups is 2. The van der Waals surface area contributed by atoms with Gasteiger partial charge in [0, 0.05) is 85.1 Å². The van der Waals surface area contributed by atoms with Gasteiger partial charge in [0.15, 0.2) is 11.2 Å². The number of ether oxygens (including phenoxy) is 4. The molecule has 0 atom stereocenters. The van der Waals surface area contributed by atoms with Gasteiger partial charge in [0.1, 0.15) is 0 Å². The van der Waals surface area contributed by atoms with Gasteiger partial charge in [-0.25, -0.2) is 0 Å². The third kappa shape index (κ3) is 10.2. The summed E-state index contributed by atoms with van der Waals surface area (Å²) in [5.41, 5.74) is 11.4. The van der Waals surface area contributed by atoms with Crippen LogP contribution in [-0.4, -0.2) is 101 Å². The minimum absolute atomic E-state index is 0.0240. The van der Waals surface area contributed by atoms with E-state index in [1.54, 1.807) is 13.2 Å². The monoisotopic (exact) mass is 951 g/mol. The summed E-state index contributed by atoms with van der Waals surface area (Å²) in [5.74, 6) is 0.690. The largest absolute Gasteiger partial charge is 0.492 e. The van der Waals surface area contributed by atoms with Crippen LogP contribution in [0.3, 0.4) is 0 Å². The Morgan fingerprint density at radius 3 is 1.91 bits per heavy atom. The van der Waals surface area contributed by atoms with Crippen molar-refractivity contribution in [2.45, 2.75) is 97.2 Å². The Morgan fingerprint density at radius 2 is 1.30 bits per heavy atom. The number of methoxy groups -OCH3 is 2. The minimum atomic E-state index is -0.383. The second-order valence-electron chi connectivity index (χ2n) is 19.5. The zero-order valence-electron chi connectivity index (χ0n) is 40.5. The van der Waals surface area contributed by atoms with E-state index in [4.69, 9.17) is 29.8 Å². The maximum Gasteiger partial charge on any atom is 0.230 e. The van der Waals surface area contributed by atoms with Crippen molar-refractivity contribution >= 4 is 72.4 Å². The van der Waals surface area contributed by atoms with Gasteiger partial charge in [-0.3, -0.25) is 19.2 Å². The van der Waals surface area contributed by atoms with Crippen molar-refractivity contribution in [3.8, 4) is 5.75 Å². The topological polar surface area (TPSA) is 228 Å². The number of anilines is 2. The first-order valence-electron chi connectivity index (χ1n) is 25.0. The lowest BCUT2D eigenvalue weighted by atomic mass is 9.77. The molecule has 0 aliphatic heterocycles. The number of nitrogen functional groups attached to an aromatic ring is 1. The number of amides is 2. The summed E-state index contributed by atoms with van der Waals surface area (Å²) in [6, 6.07) is 3.49. The first-order valence-corrected chi connectivity index (χ1v) is 25.0. The van der Waals surface area contributed by atoms with E-state index in [0.29, 0.717) is 138 Å². The Kier molecular flexibility index (Phi) is 16.5. The maximum atomic E-state index is 15.1. The van der Waals surface area contributed by atoms with Gasteiger partial charge < -0.3 is 56.0 Å². The second-order valence-corrected chi connectivity index (χ2v) is 19.5. The highest BCUT2D eigenvalue weighted by atomic mass is 16.5. The fourth-order valence-corrected chi connectivity index (χ4v) is 11.7. The number of nitrogens with one attached hydrogen (secondary N) is 3. The Labute approximate surface area is 402 Å². The highest BCUT2D eigenvalue weighted by Gasteiger charge is 2.33. The van der Waals surface area contributed by atoms with Crippen molar-refractivity contribution in [2.24, 2.45) is 23.7 Å². The smallest absolute Gasteiger partial charge is 0.230 e. The van der Waals surface area contributed by atoms with E-state index in [-0.39, 0.29) is 71.7 Å². The molecule has 0 bridgehead atoms. The number of aliphatic hydroxyl groups excluding tert-OH is 3. The lowest BCUT2D eigenvalue weighted by Crippen LogP contribution is -2.36. The molecule has 5 aromatic carbocycles. The van der Waals surface area contributed by atoms with Gasteiger partial charge in [0.2, 0.25) is 17.2 Å². The van der Waals surface area contributed by atoms with Crippen LogP contribution in [0.4, 0.5) is 11.4 Å². The number of hydrogen-bond acceptors (Lipinski definition) is 13. The normalized spacial score (nSPS) is 19.4. The molecule has 15 heteroatoms. The van der Waals surface area contributed by atoms with Crippen LogP contribution in [0.25, 0.3) is 49.2 Å². The number of fused-ring (bicyclic) bond motifs is 1. The number of aliphatic hydroxyl groups is 3. The summed E-state index contributed by atoms with van der Waals surface area (Å²) >= 11 is 0. The van der Waals surface area contributed by atoms with E-state index < -0.39 is 0 Å². The molecule has 69 heavy (non-hydrogen) atoms. The first-order chi connectivity index (χ1) is 33.5. The van der Waals surface area contributed by atoms with Gasteiger partial charge in [0.25, 0.3) is 0 Å². The Morgan fingerprint density at radius 1 is 0.696 bits per heavy atom. The molecule has 2 amide bonds. The van der Waals surface area contributed by atoms with Crippen molar-refractivity contribution in [1.82, 2.24) is 10.6 Å². The second kappa shape index (κ2) is 22.7. The molecule has 8 rings (SSSR count). The van der Waals surface area contributed by atoms with Crippen molar-refractivity contribution < 1.29 is 43.9 Å². The molecule has 0 radical (unpaired) electrons. The molecule has 2 fully saturated rings. The third-order valence-electron chi connectivity index (χ3n) is 15.1. The fraction of sp³-hybridized carbons (Fsp3) is 0.556. The van der Waals surface area contributed by atoms with E-state index >= 15 is 9.59 Å². The van der Waals surface area contributed by atoms with Gasteiger partial charge in [-0.15, -0.1) is 0 Å². The van der Waals surface area contributed by atoms with Gasteiger partial charge in [0.05, 0.1) is 57.5 Å². The average Bonchev–Trinajstić information content (AvgIpc) is 3.51. The van der Waals surface area contributed by atoms with Crippen LogP contribution in [0.15, 0.2) is 27.3 Å². The molecule has 5 aromatic rings. The molecule has 0 unspecified atom stereocenters. The standard InChI is InChI=1S/C54H70N4O11/c1-30-23-38-37(14-9-31-5-10-33(11-6-31)53(64)57-16-20-69-22-21-66-2)50(62)46-40(55)25-35(28-60)42-43-36(29-61)26-41(47-49(43)45(44(38)48(42)46)39(24-30)52(67-3)51(47)63)58-27-32-7-12-34(13-8-32)54(65)56-15-19-68-18-4-17-59/h23,25-26,31-34,58-61H,4-22,24,27-29,55H2,1-3H3,(H,56,65)(H,57,64). The van der Waals surface area contributed by atoms with Crippen molar-refractivity contribution in [3.63, 3.8) is 0 Å². The third-order valence-corrected chi connectivity index (χ3v) is 15.1. The maximum absolute atomic E-state index is 15.1. The first kappa shape index (κ1) is 50.2. The molecule has 3 aliphatic rings. The van der Waals surface area contributed by atoms with Gasteiger partial charge >= 0.3 is 0 Å². The molecule has 0 heterocycles. The fourth-order valence-electron chi connectivity index (χ4n) is 11.7. The molecule has 0 aromatic heterocycles. The molecule has 372 valence electrons. The van der Waals surface area contributed by atoms with Crippen molar-refractivity contribution in [3.05, 3.63) is 66.0 Å². The summed E-state index contributed by atoms with van der Waals surface area (Å²) in [6.07, 6.45) is 10.7. The van der Waals surface area contributed by atoms with Crippen molar-refractivity contribution in [2.75, 3.05) is 84.5 Å². The lowest BCUT2D eigenvalue weighted by molar-refractivity contribution is -0.127. The van der Waals surface area contributed by atoms with Crippen LogP contribution in [-0.2, 0) is 49.9 Å². The van der Waals surface area contributed by atoms with Crippen LogP contribution < -0.4 is 37.3 Å². The zero-order chi connectivity index (χ0) is 48.8. The van der Waals surface area contributed by atoms with Gasteiger partial charge in [-0.1, -0.05) is 11.6 Å². The zero-order valence-corrected chi connectivity index (χ0v) is 40.5. The van der Waals surface area contributed by atoms with Crippen molar-refractivity contribution in [1.29, 1.82) is 0 Å². The van der Waals surface area contributed by atoms with E-state index in [1.165, 1.54) is 7.11 Å². The van der Waals surface area contributed by atoms with Gasteiger partial charge in [-0.05, 0) is 146 Å². The summed E-state index contributed by atoms with van der Waals surface area (Å²) in [4.78, 5) is 56.2. The summed E-state index contributed by atoms with van der Waals surface area (Å²) in [7, 11) is 3.14. The molecule has 2 saturated carbocycles. The number of benzene rings is 5. The minimum Gasteiger partial charge on any atom is -0.492 e. The van der Waals surface area contributed by atoms with Crippen LogP contribution >= 0.6 is 0 Å². The number of rotatable bonds is 23. The molecule has 0 saturated heterocycles. The molecular weight excluding hydrogens is 881 g/mol. The molecule has 8 N–H and O–H groups in total. The molecule has 15 nitrogen and oxygen atoms in total.